The molecule has 0 aliphatic heterocycles. The highest BCUT2D eigenvalue weighted by Crippen LogP contribution is 2.21. The first-order valence-electron chi connectivity index (χ1n) is 6.14. The maximum absolute atomic E-state index is 12.0. The van der Waals surface area contributed by atoms with Crippen molar-refractivity contribution >= 4 is 9.84 Å². The van der Waals surface area contributed by atoms with Gasteiger partial charge in [0.15, 0.2) is 15.9 Å². The highest BCUT2D eigenvalue weighted by atomic mass is 32.2. The lowest BCUT2D eigenvalue weighted by Crippen LogP contribution is -2.36. The van der Waals surface area contributed by atoms with E-state index in [0.29, 0.717) is 12.8 Å². The molecule has 0 bridgehead atoms. The van der Waals surface area contributed by atoms with Gasteiger partial charge in [0, 0.05) is 0 Å². The Bertz CT molecular complexity index is 312. The molecule has 0 aliphatic carbocycles. The van der Waals surface area contributed by atoms with Crippen LogP contribution in [0.1, 0.15) is 45.4 Å². The van der Waals surface area contributed by atoms with Crippen LogP contribution in [0.4, 0.5) is 13.2 Å². The summed E-state index contributed by atoms with van der Waals surface area (Å²) < 4.78 is 58.6. The van der Waals surface area contributed by atoms with Crippen molar-refractivity contribution in [3.05, 3.63) is 0 Å². The van der Waals surface area contributed by atoms with Gasteiger partial charge in [-0.05, 0) is 6.42 Å². The topological polar surface area (TPSA) is 54.4 Å². The van der Waals surface area contributed by atoms with E-state index < -0.39 is 27.9 Å². The quantitative estimate of drug-likeness (QED) is 0.664. The standard InChI is InChI=1S/C11H21F3O3S/c1-2-3-4-5-6-7-8-18(16,17)9-10(15)11(12,13)14/h10,15H,2-9H2,1H3. The Kier molecular flexibility index (Phi) is 7.86. The summed E-state index contributed by atoms with van der Waals surface area (Å²) in [6.07, 6.45) is -2.52. The lowest BCUT2D eigenvalue weighted by atomic mass is 10.1. The summed E-state index contributed by atoms with van der Waals surface area (Å²) in [6, 6.07) is 0. The molecule has 110 valence electrons. The number of aliphatic hydroxyl groups excluding tert-OH is 1. The molecular formula is C11H21F3O3S. The molecule has 18 heavy (non-hydrogen) atoms. The van der Waals surface area contributed by atoms with Crippen LogP contribution in [-0.2, 0) is 9.84 Å². The van der Waals surface area contributed by atoms with Crippen molar-refractivity contribution < 1.29 is 26.7 Å². The van der Waals surface area contributed by atoms with Crippen LogP contribution in [0.5, 0.6) is 0 Å². The summed E-state index contributed by atoms with van der Waals surface area (Å²) in [6.45, 7) is 2.06. The van der Waals surface area contributed by atoms with Gasteiger partial charge in [0.2, 0.25) is 0 Å². The first kappa shape index (κ1) is 17.7. The zero-order chi connectivity index (χ0) is 14.2. The van der Waals surface area contributed by atoms with Crippen LogP contribution >= 0.6 is 0 Å². The van der Waals surface area contributed by atoms with E-state index in [1.807, 2.05) is 0 Å². The molecule has 0 aromatic carbocycles. The molecule has 0 fully saturated rings. The smallest absolute Gasteiger partial charge is 0.383 e. The van der Waals surface area contributed by atoms with E-state index in [-0.39, 0.29) is 5.75 Å². The molecule has 1 atom stereocenters. The van der Waals surface area contributed by atoms with Crippen molar-refractivity contribution in [2.45, 2.75) is 57.7 Å². The van der Waals surface area contributed by atoms with Crippen LogP contribution in [0.3, 0.4) is 0 Å². The number of alkyl halides is 3. The summed E-state index contributed by atoms with van der Waals surface area (Å²) in [5.74, 6) is -1.52. The van der Waals surface area contributed by atoms with E-state index in [9.17, 15) is 21.6 Å². The van der Waals surface area contributed by atoms with Crippen molar-refractivity contribution in [3.8, 4) is 0 Å². The fraction of sp³-hybridized carbons (Fsp3) is 1.00. The van der Waals surface area contributed by atoms with Crippen LogP contribution in [0.25, 0.3) is 0 Å². The van der Waals surface area contributed by atoms with Crippen LogP contribution < -0.4 is 0 Å². The van der Waals surface area contributed by atoms with Gasteiger partial charge in [0.25, 0.3) is 0 Å². The minimum absolute atomic E-state index is 0.285. The Morgan fingerprint density at radius 3 is 2.06 bits per heavy atom. The van der Waals surface area contributed by atoms with Gasteiger partial charge in [-0.25, -0.2) is 8.42 Å². The number of sulfone groups is 1. The van der Waals surface area contributed by atoms with E-state index >= 15 is 0 Å². The molecule has 0 rings (SSSR count). The van der Waals surface area contributed by atoms with E-state index in [1.54, 1.807) is 0 Å². The van der Waals surface area contributed by atoms with Crippen LogP contribution in [0, 0.1) is 0 Å². The number of hydrogen-bond donors (Lipinski definition) is 1. The minimum Gasteiger partial charge on any atom is -0.383 e. The molecule has 0 heterocycles. The van der Waals surface area contributed by atoms with Crippen molar-refractivity contribution in [2.75, 3.05) is 11.5 Å². The Balaban J connectivity index is 3.88. The summed E-state index contributed by atoms with van der Waals surface area (Å²) in [7, 11) is -3.83. The summed E-state index contributed by atoms with van der Waals surface area (Å²) in [5.41, 5.74) is 0. The van der Waals surface area contributed by atoms with Gasteiger partial charge >= 0.3 is 6.18 Å². The first-order chi connectivity index (χ1) is 8.19. The van der Waals surface area contributed by atoms with Crippen LogP contribution in [0.2, 0.25) is 0 Å². The van der Waals surface area contributed by atoms with Crippen molar-refractivity contribution in [1.29, 1.82) is 0 Å². The Morgan fingerprint density at radius 1 is 1.06 bits per heavy atom. The molecule has 0 aliphatic rings. The van der Waals surface area contributed by atoms with E-state index in [4.69, 9.17) is 5.11 Å². The summed E-state index contributed by atoms with van der Waals surface area (Å²) in [4.78, 5) is 0. The molecule has 1 unspecified atom stereocenters. The third-order valence-corrected chi connectivity index (χ3v) is 4.33. The zero-order valence-corrected chi connectivity index (χ0v) is 11.4. The van der Waals surface area contributed by atoms with Gasteiger partial charge in [-0.3, -0.25) is 0 Å². The largest absolute Gasteiger partial charge is 0.415 e. The zero-order valence-electron chi connectivity index (χ0n) is 10.5. The van der Waals surface area contributed by atoms with Crippen molar-refractivity contribution in [1.82, 2.24) is 0 Å². The molecule has 1 N–H and O–H groups in total. The number of halogens is 3. The summed E-state index contributed by atoms with van der Waals surface area (Å²) in [5, 5.41) is 8.69. The second kappa shape index (κ2) is 7.99. The van der Waals surface area contributed by atoms with Gasteiger partial charge in [-0.1, -0.05) is 39.0 Å². The number of unbranched alkanes of at least 4 members (excludes halogenated alkanes) is 5. The molecule has 0 aromatic rings. The predicted octanol–water partition coefficient (Wildman–Crippen LogP) is 2.68. The Hall–Kier alpha value is -0.300. The third-order valence-electron chi connectivity index (χ3n) is 2.60. The molecule has 0 radical (unpaired) electrons. The normalized spacial score (nSPS) is 14.7. The predicted molar refractivity (Wildman–Crippen MR) is 64.1 cm³/mol. The molecule has 3 nitrogen and oxygen atoms in total. The highest BCUT2D eigenvalue weighted by molar-refractivity contribution is 7.91. The molecule has 0 amide bonds. The highest BCUT2D eigenvalue weighted by Gasteiger charge is 2.40. The second-order valence-electron chi connectivity index (χ2n) is 4.44. The fourth-order valence-electron chi connectivity index (χ4n) is 1.52. The Morgan fingerprint density at radius 2 is 1.56 bits per heavy atom. The van der Waals surface area contributed by atoms with E-state index in [0.717, 1.165) is 25.7 Å². The second-order valence-corrected chi connectivity index (χ2v) is 6.67. The number of rotatable bonds is 9. The van der Waals surface area contributed by atoms with Crippen molar-refractivity contribution in [2.24, 2.45) is 0 Å². The number of aliphatic hydroxyl groups is 1. The maximum Gasteiger partial charge on any atom is 0.415 e. The maximum atomic E-state index is 12.0. The van der Waals surface area contributed by atoms with Gasteiger partial charge in [-0.2, -0.15) is 13.2 Å². The van der Waals surface area contributed by atoms with E-state index in [2.05, 4.69) is 6.92 Å². The van der Waals surface area contributed by atoms with Gasteiger partial charge in [-0.15, -0.1) is 0 Å². The SMILES string of the molecule is CCCCCCCCS(=O)(=O)CC(O)C(F)(F)F. The van der Waals surface area contributed by atoms with Crippen molar-refractivity contribution in [3.63, 3.8) is 0 Å². The Labute approximate surface area is 106 Å². The van der Waals surface area contributed by atoms with Gasteiger partial charge in [0.05, 0.1) is 11.5 Å². The van der Waals surface area contributed by atoms with Gasteiger partial charge in [0.1, 0.15) is 0 Å². The minimum atomic E-state index is -4.87. The summed E-state index contributed by atoms with van der Waals surface area (Å²) >= 11 is 0. The first-order valence-corrected chi connectivity index (χ1v) is 7.96. The van der Waals surface area contributed by atoms with E-state index in [1.165, 1.54) is 0 Å². The fourth-order valence-corrected chi connectivity index (χ4v) is 3.00. The van der Waals surface area contributed by atoms with Gasteiger partial charge < -0.3 is 5.11 Å². The van der Waals surface area contributed by atoms with Crippen LogP contribution in [0.15, 0.2) is 0 Å². The molecule has 7 heteroatoms. The average molecular weight is 290 g/mol. The monoisotopic (exact) mass is 290 g/mol. The molecule has 0 saturated carbocycles. The lowest BCUT2D eigenvalue weighted by Gasteiger charge is -2.14. The number of hydrogen-bond acceptors (Lipinski definition) is 3. The third kappa shape index (κ3) is 8.74. The average Bonchev–Trinajstić information content (AvgIpc) is 2.21. The molecular weight excluding hydrogens is 269 g/mol. The lowest BCUT2D eigenvalue weighted by molar-refractivity contribution is -0.196. The molecule has 0 aromatic heterocycles. The molecule has 0 spiro atoms. The molecule has 0 saturated heterocycles. The van der Waals surface area contributed by atoms with Crippen LogP contribution in [-0.4, -0.2) is 37.3 Å².